The van der Waals surface area contributed by atoms with Crippen molar-refractivity contribution in [3.05, 3.63) is 42.1 Å². The molecule has 15 heavy (non-hydrogen) atoms. The van der Waals surface area contributed by atoms with Gasteiger partial charge in [0.05, 0.1) is 10.3 Å². The van der Waals surface area contributed by atoms with E-state index in [1.54, 1.807) is 6.20 Å². The Bertz CT molecular complexity index is 473. The van der Waals surface area contributed by atoms with E-state index in [2.05, 4.69) is 20.9 Å². The van der Waals surface area contributed by atoms with E-state index >= 15 is 0 Å². The number of pyridine rings is 1. The average molecular weight is 331 g/mol. The van der Waals surface area contributed by atoms with Gasteiger partial charge in [0.1, 0.15) is 6.29 Å². The van der Waals surface area contributed by atoms with Crippen molar-refractivity contribution in [3.8, 4) is 0 Å². The van der Waals surface area contributed by atoms with E-state index < -0.39 is 0 Å². The van der Waals surface area contributed by atoms with Gasteiger partial charge in [-0.25, -0.2) is 0 Å². The molecule has 2 rings (SSSR count). The SMILES string of the molecule is Br.O=CC(Br)c1ccc2ncccc2c1. The van der Waals surface area contributed by atoms with E-state index in [0.29, 0.717) is 0 Å². The van der Waals surface area contributed by atoms with Gasteiger partial charge in [-0.2, -0.15) is 0 Å². The molecule has 0 fully saturated rings. The molecule has 2 nitrogen and oxygen atoms in total. The summed E-state index contributed by atoms with van der Waals surface area (Å²) in [5, 5.41) is 1.05. The lowest BCUT2D eigenvalue weighted by Gasteiger charge is -2.03. The second kappa shape index (κ2) is 5.37. The number of carbonyl (C=O) groups excluding carboxylic acids is 1. The van der Waals surface area contributed by atoms with Gasteiger partial charge in [0.15, 0.2) is 0 Å². The van der Waals surface area contributed by atoms with E-state index in [9.17, 15) is 4.79 Å². The van der Waals surface area contributed by atoms with Crippen LogP contribution in [-0.4, -0.2) is 11.3 Å². The summed E-state index contributed by atoms with van der Waals surface area (Å²) in [6.07, 6.45) is 2.63. The van der Waals surface area contributed by atoms with E-state index in [-0.39, 0.29) is 21.8 Å². The molecule has 4 heteroatoms. The van der Waals surface area contributed by atoms with Crippen LogP contribution in [0.1, 0.15) is 10.4 Å². The lowest BCUT2D eigenvalue weighted by Crippen LogP contribution is -1.90. The third kappa shape index (κ3) is 2.63. The molecule has 0 aliphatic carbocycles. The molecule has 1 atom stereocenters. The average Bonchev–Trinajstić information content (AvgIpc) is 2.27. The first kappa shape index (κ1) is 12.3. The molecule has 1 heterocycles. The van der Waals surface area contributed by atoms with Gasteiger partial charge in [-0.1, -0.05) is 28.1 Å². The fraction of sp³-hybridized carbons (Fsp3) is 0.0909. The summed E-state index contributed by atoms with van der Waals surface area (Å²) in [6.45, 7) is 0. The first-order chi connectivity index (χ1) is 6.81. The minimum atomic E-state index is -0.230. The number of benzene rings is 1. The lowest BCUT2D eigenvalue weighted by molar-refractivity contribution is -0.107. The van der Waals surface area contributed by atoms with E-state index in [4.69, 9.17) is 0 Å². The second-order valence-corrected chi connectivity index (χ2v) is 3.98. The van der Waals surface area contributed by atoms with E-state index in [1.165, 1.54) is 0 Å². The van der Waals surface area contributed by atoms with Crippen molar-refractivity contribution in [1.82, 2.24) is 4.98 Å². The number of fused-ring (bicyclic) bond motifs is 1. The molecule has 0 spiro atoms. The van der Waals surface area contributed by atoms with Crippen LogP contribution in [0.2, 0.25) is 0 Å². The maximum absolute atomic E-state index is 10.6. The van der Waals surface area contributed by atoms with Gasteiger partial charge in [0.2, 0.25) is 0 Å². The van der Waals surface area contributed by atoms with Crippen LogP contribution in [0.15, 0.2) is 36.5 Å². The highest BCUT2D eigenvalue weighted by molar-refractivity contribution is 9.09. The Hall–Kier alpha value is -0.740. The summed E-state index contributed by atoms with van der Waals surface area (Å²) in [6, 6.07) is 9.66. The molecule has 1 aromatic heterocycles. The van der Waals surface area contributed by atoms with Crippen LogP contribution in [0.3, 0.4) is 0 Å². The summed E-state index contributed by atoms with van der Waals surface area (Å²) in [5.41, 5.74) is 1.90. The molecule has 0 saturated heterocycles. The molecular formula is C11H9Br2NO. The van der Waals surface area contributed by atoms with Gasteiger partial charge in [0, 0.05) is 11.6 Å². The highest BCUT2D eigenvalue weighted by atomic mass is 79.9. The number of rotatable bonds is 2. The zero-order valence-corrected chi connectivity index (χ0v) is 11.1. The molecule has 1 aromatic carbocycles. The van der Waals surface area contributed by atoms with Crippen LogP contribution in [0, 0.1) is 0 Å². The molecule has 0 radical (unpaired) electrons. The maximum atomic E-state index is 10.6. The van der Waals surface area contributed by atoms with Crippen LogP contribution in [-0.2, 0) is 4.79 Å². The maximum Gasteiger partial charge on any atom is 0.138 e. The summed E-state index contributed by atoms with van der Waals surface area (Å²) in [7, 11) is 0. The van der Waals surface area contributed by atoms with Crippen molar-refractivity contribution < 1.29 is 4.79 Å². The Balaban J connectivity index is 0.00000112. The number of aldehydes is 1. The van der Waals surface area contributed by atoms with Crippen LogP contribution in [0.5, 0.6) is 0 Å². The number of halogens is 2. The number of aromatic nitrogens is 1. The molecule has 0 aliphatic rings. The molecule has 0 saturated carbocycles. The van der Waals surface area contributed by atoms with Crippen LogP contribution < -0.4 is 0 Å². The first-order valence-electron chi connectivity index (χ1n) is 4.25. The van der Waals surface area contributed by atoms with Gasteiger partial charge in [-0.15, -0.1) is 17.0 Å². The molecule has 0 aliphatic heterocycles. The monoisotopic (exact) mass is 329 g/mol. The zero-order valence-electron chi connectivity index (χ0n) is 7.76. The van der Waals surface area contributed by atoms with E-state index in [0.717, 1.165) is 22.8 Å². The van der Waals surface area contributed by atoms with Crippen molar-refractivity contribution in [2.75, 3.05) is 0 Å². The predicted octanol–water partition coefficient (Wildman–Crippen LogP) is 3.45. The highest BCUT2D eigenvalue weighted by Gasteiger charge is 2.05. The van der Waals surface area contributed by atoms with E-state index in [1.807, 2.05) is 30.3 Å². The summed E-state index contributed by atoms with van der Waals surface area (Å²) < 4.78 is 0. The molecule has 78 valence electrons. The molecule has 0 bridgehead atoms. The molecule has 0 amide bonds. The van der Waals surface area contributed by atoms with Crippen LogP contribution >= 0.6 is 32.9 Å². The Labute approximate surface area is 107 Å². The Kier molecular flexibility index (Phi) is 4.42. The standard InChI is InChI=1S/C11H8BrNO.BrH/c12-10(7-14)8-3-4-11-9(6-8)2-1-5-13-11;/h1-7,10H;1H. The predicted molar refractivity (Wildman–Crippen MR) is 69.8 cm³/mol. The molecule has 2 aromatic rings. The number of hydrogen-bond donors (Lipinski definition) is 0. The minimum Gasteiger partial charge on any atom is -0.302 e. The fourth-order valence-corrected chi connectivity index (χ4v) is 1.63. The Morgan fingerprint density at radius 2 is 2.13 bits per heavy atom. The van der Waals surface area contributed by atoms with Crippen LogP contribution in [0.25, 0.3) is 10.9 Å². The molecule has 0 N–H and O–H groups in total. The molecular weight excluding hydrogens is 322 g/mol. The van der Waals surface area contributed by atoms with Gasteiger partial charge in [0.25, 0.3) is 0 Å². The summed E-state index contributed by atoms with van der Waals surface area (Å²) in [4.78, 5) is 14.6. The Morgan fingerprint density at radius 3 is 2.87 bits per heavy atom. The van der Waals surface area contributed by atoms with Crippen molar-refractivity contribution in [2.45, 2.75) is 4.83 Å². The third-order valence-electron chi connectivity index (χ3n) is 2.06. The van der Waals surface area contributed by atoms with Crippen molar-refractivity contribution in [2.24, 2.45) is 0 Å². The van der Waals surface area contributed by atoms with Gasteiger partial charge >= 0.3 is 0 Å². The lowest BCUT2D eigenvalue weighted by atomic mass is 10.1. The van der Waals surface area contributed by atoms with Crippen molar-refractivity contribution >= 4 is 50.1 Å². The van der Waals surface area contributed by atoms with Crippen molar-refractivity contribution in [3.63, 3.8) is 0 Å². The smallest absolute Gasteiger partial charge is 0.138 e. The molecule has 1 unspecified atom stereocenters. The minimum absolute atomic E-state index is 0. The van der Waals surface area contributed by atoms with Gasteiger partial charge < -0.3 is 4.79 Å². The number of hydrogen-bond acceptors (Lipinski definition) is 2. The third-order valence-corrected chi connectivity index (χ3v) is 2.81. The van der Waals surface area contributed by atoms with Crippen molar-refractivity contribution in [1.29, 1.82) is 0 Å². The normalized spacial score (nSPS) is 11.8. The second-order valence-electron chi connectivity index (χ2n) is 2.99. The fourth-order valence-electron chi connectivity index (χ4n) is 1.34. The topological polar surface area (TPSA) is 30.0 Å². The number of alkyl halides is 1. The number of nitrogens with zero attached hydrogens (tertiary/aromatic N) is 1. The zero-order chi connectivity index (χ0) is 9.97. The summed E-state index contributed by atoms with van der Waals surface area (Å²) in [5.74, 6) is 0. The quantitative estimate of drug-likeness (QED) is 0.623. The number of carbonyl (C=O) groups is 1. The van der Waals surface area contributed by atoms with Crippen LogP contribution in [0.4, 0.5) is 0 Å². The summed E-state index contributed by atoms with van der Waals surface area (Å²) >= 11 is 3.28. The largest absolute Gasteiger partial charge is 0.302 e. The Morgan fingerprint density at radius 1 is 1.33 bits per heavy atom. The van der Waals surface area contributed by atoms with Gasteiger partial charge in [-0.3, -0.25) is 4.98 Å². The first-order valence-corrected chi connectivity index (χ1v) is 5.17. The highest BCUT2D eigenvalue weighted by Crippen LogP contribution is 2.23. The van der Waals surface area contributed by atoms with Gasteiger partial charge in [-0.05, 0) is 23.8 Å².